The largest absolute Gasteiger partial charge is 0.330 e. The van der Waals surface area contributed by atoms with Gasteiger partial charge in [0.2, 0.25) is 0 Å². The zero-order valence-electron chi connectivity index (χ0n) is 15.8. The fourth-order valence-corrected chi connectivity index (χ4v) is 3.31. The molecule has 7 nitrogen and oxygen atoms in total. The summed E-state index contributed by atoms with van der Waals surface area (Å²) in [6, 6.07) is 2.27. The topological polar surface area (TPSA) is 68.0 Å². The molecule has 1 aliphatic carbocycles. The fraction of sp³-hybridized carbons (Fsp3) is 0.611. The molecule has 1 aliphatic rings. The molecule has 3 rings (SSSR count). The van der Waals surface area contributed by atoms with Gasteiger partial charge in [-0.1, -0.05) is 6.92 Å². The summed E-state index contributed by atoms with van der Waals surface area (Å²) < 4.78 is 3.71. The molecule has 0 aliphatic heterocycles. The van der Waals surface area contributed by atoms with Gasteiger partial charge in [-0.15, -0.1) is 0 Å². The molecule has 1 unspecified atom stereocenters. The molecule has 0 aromatic carbocycles. The monoisotopic (exact) mass is 344 g/mol. The predicted octanol–water partition coefficient (Wildman–Crippen LogP) is 2.60. The first-order valence-corrected chi connectivity index (χ1v) is 8.96. The van der Waals surface area contributed by atoms with Gasteiger partial charge in [-0.25, -0.2) is 4.79 Å². The summed E-state index contributed by atoms with van der Waals surface area (Å²) in [6.45, 7) is 6.76. The summed E-state index contributed by atoms with van der Waals surface area (Å²) in [5.74, 6) is 0. The molecule has 2 amide bonds. The van der Waals surface area contributed by atoms with E-state index in [9.17, 15) is 4.79 Å². The standard InChI is InChI=1S/C18H28N6O/c1-6-16(17-9-10-19-23(17)5)20-18(25)24(14-7-8-14)11-15-12(2)21-22(4)13(15)3/h9-10,14,16H,6-8,11H2,1-5H3,(H,20,25). The Bertz CT molecular complexity index is 758. The molecule has 2 aromatic rings. The van der Waals surface area contributed by atoms with Crippen LogP contribution in [0.15, 0.2) is 12.3 Å². The summed E-state index contributed by atoms with van der Waals surface area (Å²) in [5, 5.41) is 11.9. The molecule has 2 heterocycles. The Hall–Kier alpha value is -2.31. The molecule has 0 saturated heterocycles. The minimum Gasteiger partial charge on any atom is -0.330 e. The normalized spacial score (nSPS) is 15.2. The molecular formula is C18H28N6O. The van der Waals surface area contributed by atoms with Gasteiger partial charge in [0.05, 0.1) is 24.0 Å². The van der Waals surface area contributed by atoms with E-state index >= 15 is 0 Å². The van der Waals surface area contributed by atoms with E-state index in [0.717, 1.165) is 41.9 Å². The van der Waals surface area contributed by atoms with E-state index in [0.29, 0.717) is 12.6 Å². The van der Waals surface area contributed by atoms with Crippen molar-refractivity contribution in [3.63, 3.8) is 0 Å². The summed E-state index contributed by atoms with van der Waals surface area (Å²) in [7, 11) is 3.86. The average Bonchev–Trinajstić information content (AvgIpc) is 3.28. The first-order chi connectivity index (χ1) is 11.9. The Morgan fingerprint density at radius 1 is 1.36 bits per heavy atom. The molecular weight excluding hydrogens is 316 g/mol. The molecule has 7 heteroatoms. The van der Waals surface area contributed by atoms with E-state index < -0.39 is 0 Å². The van der Waals surface area contributed by atoms with Crippen LogP contribution in [0.4, 0.5) is 4.79 Å². The highest BCUT2D eigenvalue weighted by Gasteiger charge is 2.34. The molecule has 1 saturated carbocycles. The van der Waals surface area contributed by atoms with Crippen molar-refractivity contribution in [2.24, 2.45) is 14.1 Å². The second kappa shape index (κ2) is 6.90. The first-order valence-electron chi connectivity index (χ1n) is 8.96. The van der Waals surface area contributed by atoms with Crippen LogP contribution in [0.1, 0.15) is 54.9 Å². The van der Waals surface area contributed by atoms with Crippen molar-refractivity contribution < 1.29 is 4.79 Å². The number of nitrogens with one attached hydrogen (secondary N) is 1. The third-order valence-corrected chi connectivity index (χ3v) is 5.16. The Morgan fingerprint density at radius 3 is 2.56 bits per heavy atom. The lowest BCUT2D eigenvalue weighted by Crippen LogP contribution is -2.43. The van der Waals surface area contributed by atoms with Crippen molar-refractivity contribution in [3.05, 3.63) is 34.9 Å². The zero-order valence-corrected chi connectivity index (χ0v) is 15.8. The van der Waals surface area contributed by atoms with Crippen LogP contribution >= 0.6 is 0 Å². The highest BCUT2D eigenvalue weighted by Crippen LogP contribution is 2.30. The van der Waals surface area contributed by atoms with Crippen LogP contribution in [-0.2, 0) is 20.6 Å². The van der Waals surface area contributed by atoms with Gasteiger partial charge in [-0.05, 0) is 39.2 Å². The van der Waals surface area contributed by atoms with Crippen molar-refractivity contribution in [1.82, 2.24) is 29.8 Å². The lowest BCUT2D eigenvalue weighted by Gasteiger charge is -2.26. The van der Waals surface area contributed by atoms with Gasteiger partial charge in [-0.2, -0.15) is 10.2 Å². The van der Waals surface area contributed by atoms with Crippen LogP contribution < -0.4 is 5.32 Å². The van der Waals surface area contributed by atoms with Gasteiger partial charge < -0.3 is 10.2 Å². The Labute approximate surface area is 149 Å². The van der Waals surface area contributed by atoms with Crippen molar-refractivity contribution >= 4 is 6.03 Å². The van der Waals surface area contributed by atoms with E-state index in [-0.39, 0.29) is 12.1 Å². The number of amides is 2. The molecule has 0 spiro atoms. The summed E-state index contributed by atoms with van der Waals surface area (Å²) in [4.78, 5) is 15.0. The maximum atomic E-state index is 13.0. The number of nitrogens with zero attached hydrogens (tertiary/aromatic N) is 5. The highest BCUT2D eigenvalue weighted by atomic mass is 16.2. The number of urea groups is 1. The van der Waals surface area contributed by atoms with Crippen molar-refractivity contribution in [1.29, 1.82) is 0 Å². The molecule has 1 atom stereocenters. The van der Waals surface area contributed by atoms with Gasteiger partial charge in [0.25, 0.3) is 0 Å². The smallest absolute Gasteiger partial charge is 0.318 e. The molecule has 1 fully saturated rings. The molecule has 1 N–H and O–H groups in total. The number of carbonyl (C=O) groups is 1. The van der Waals surface area contributed by atoms with Gasteiger partial charge >= 0.3 is 6.03 Å². The molecule has 0 radical (unpaired) electrons. The van der Waals surface area contributed by atoms with Crippen molar-refractivity contribution in [3.8, 4) is 0 Å². The first kappa shape index (κ1) is 17.5. The quantitative estimate of drug-likeness (QED) is 0.876. The van der Waals surface area contributed by atoms with E-state index in [1.807, 2.05) is 41.3 Å². The van der Waals surface area contributed by atoms with Gasteiger partial charge in [0, 0.05) is 37.6 Å². The Morgan fingerprint density at radius 2 is 2.08 bits per heavy atom. The number of hydrogen-bond acceptors (Lipinski definition) is 3. The van der Waals surface area contributed by atoms with Crippen LogP contribution in [0.5, 0.6) is 0 Å². The minimum absolute atomic E-state index is 0.00166. The molecule has 0 bridgehead atoms. The number of rotatable bonds is 6. The maximum Gasteiger partial charge on any atom is 0.318 e. The Kier molecular flexibility index (Phi) is 4.83. The van der Waals surface area contributed by atoms with Crippen molar-refractivity contribution in [2.45, 2.75) is 58.7 Å². The Balaban J connectivity index is 1.76. The number of aryl methyl sites for hydroxylation is 3. The highest BCUT2D eigenvalue weighted by molar-refractivity contribution is 5.75. The van der Waals surface area contributed by atoms with E-state index in [4.69, 9.17) is 0 Å². The third-order valence-electron chi connectivity index (χ3n) is 5.16. The number of carbonyl (C=O) groups excluding carboxylic acids is 1. The van der Waals surface area contributed by atoms with Crippen molar-refractivity contribution in [2.75, 3.05) is 0 Å². The van der Waals surface area contributed by atoms with Crippen LogP contribution in [0, 0.1) is 13.8 Å². The molecule has 25 heavy (non-hydrogen) atoms. The zero-order chi connectivity index (χ0) is 18.1. The van der Waals surface area contributed by atoms with Gasteiger partial charge in [0.15, 0.2) is 0 Å². The maximum absolute atomic E-state index is 13.0. The minimum atomic E-state index is -0.0302. The number of hydrogen-bond donors (Lipinski definition) is 1. The van der Waals surface area contributed by atoms with Crippen LogP contribution in [-0.4, -0.2) is 36.5 Å². The predicted molar refractivity (Wildman–Crippen MR) is 96.0 cm³/mol. The second-order valence-corrected chi connectivity index (χ2v) is 6.92. The summed E-state index contributed by atoms with van der Waals surface area (Å²) in [6.07, 6.45) is 4.75. The summed E-state index contributed by atoms with van der Waals surface area (Å²) >= 11 is 0. The van der Waals surface area contributed by atoms with Crippen LogP contribution in [0.25, 0.3) is 0 Å². The third kappa shape index (κ3) is 3.55. The number of aromatic nitrogens is 4. The van der Waals surface area contributed by atoms with Gasteiger partial charge in [-0.3, -0.25) is 9.36 Å². The molecule has 2 aromatic heterocycles. The van der Waals surface area contributed by atoms with E-state index in [2.05, 4.69) is 29.4 Å². The van der Waals surface area contributed by atoms with Crippen LogP contribution in [0.2, 0.25) is 0 Å². The fourth-order valence-electron chi connectivity index (χ4n) is 3.31. The van der Waals surface area contributed by atoms with E-state index in [1.54, 1.807) is 6.20 Å². The second-order valence-electron chi connectivity index (χ2n) is 6.92. The average molecular weight is 344 g/mol. The lowest BCUT2D eigenvalue weighted by molar-refractivity contribution is 0.186. The van der Waals surface area contributed by atoms with E-state index in [1.165, 1.54) is 0 Å². The van der Waals surface area contributed by atoms with Crippen LogP contribution in [0.3, 0.4) is 0 Å². The SMILES string of the molecule is CCC(NC(=O)N(Cc1c(C)nn(C)c1C)C1CC1)c1ccnn1C. The lowest BCUT2D eigenvalue weighted by atomic mass is 10.1. The summed E-state index contributed by atoms with van der Waals surface area (Å²) in [5.41, 5.74) is 4.30. The van der Waals surface area contributed by atoms with Gasteiger partial charge in [0.1, 0.15) is 0 Å². The molecule has 136 valence electrons.